The Hall–Kier alpha value is -1.75. The normalized spacial score (nSPS) is 15.4. The highest BCUT2D eigenvalue weighted by Crippen LogP contribution is 2.25. The molecule has 18 heavy (non-hydrogen) atoms. The average molecular weight is 246 g/mol. The fourth-order valence-electron chi connectivity index (χ4n) is 2.06. The molecule has 0 amide bonds. The maximum atomic E-state index is 5.72. The number of hydrogen-bond acceptors (Lipinski definition) is 4. The Bertz CT molecular complexity index is 547. The molecule has 96 valence electrons. The zero-order chi connectivity index (χ0) is 12.5. The fourth-order valence-corrected chi connectivity index (χ4v) is 2.06. The number of aromatic amines is 1. The molecule has 0 unspecified atom stereocenters. The third-order valence-corrected chi connectivity index (χ3v) is 3.34. The standard InChI is InChI=1S/C13H18N4O/c1-17(10-3-4-10)6-7-18-13-15-11-5-2-9(14)8-12(11)16-13/h2,5,8,10H,3-4,6-7,14H2,1H3,(H,15,16). The van der Waals surface area contributed by atoms with Crippen LogP contribution in [0.25, 0.3) is 11.0 Å². The van der Waals surface area contributed by atoms with Crippen molar-refractivity contribution in [2.75, 3.05) is 25.9 Å². The number of hydrogen-bond donors (Lipinski definition) is 2. The van der Waals surface area contributed by atoms with Crippen LogP contribution in [0.15, 0.2) is 18.2 Å². The summed E-state index contributed by atoms with van der Waals surface area (Å²) in [7, 11) is 2.14. The first kappa shape index (κ1) is 11.3. The average Bonchev–Trinajstić information content (AvgIpc) is 3.11. The summed E-state index contributed by atoms with van der Waals surface area (Å²) in [6, 6.07) is 6.94. The van der Waals surface area contributed by atoms with E-state index in [1.807, 2.05) is 18.2 Å². The van der Waals surface area contributed by atoms with E-state index in [1.54, 1.807) is 0 Å². The van der Waals surface area contributed by atoms with Crippen molar-refractivity contribution in [1.82, 2.24) is 14.9 Å². The Morgan fingerprint density at radius 3 is 3.11 bits per heavy atom. The lowest BCUT2D eigenvalue weighted by molar-refractivity contribution is 0.222. The van der Waals surface area contributed by atoms with Gasteiger partial charge >= 0.3 is 0 Å². The molecule has 0 aliphatic heterocycles. The number of nitrogens with one attached hydrogen (secondary N) is 1. The number of imidazole rings is 1. The number of H-pyrrole nitrogens is 1. The Morgan fingerprint density at radius 2 is 2.33 bits per heavy atom. The molecule has 5 nitrogen and oxygen atoms in total. The number of nitrogens with zero attached hydrogens (tertiary/aromatic N) is 2. The van der Waals surface area contributed by atoms with Crippen LogP contribution in [0.2, 0.25) is 0 Å². The number of likely N-dealkylation sites (N-methyl/N-ethyl adjacent to an activating group) is 1. The number of rotatable bonds is 5. The molecule has 1 aromatic carbocycles. The van der Waals surface area contributed by atoms with Crippen molar-refractivity contribution in [2.45, 2.75) is 18.9 Å². The Morgan fingerprint density at radius 1 is 1.50 bits per heavy atom. The van der Waals surface area contributed by atoms with Gasteiger partial charge in [-0.2, -0.15) is 4.98 Å². The zero-order valence-corrected chi connectivity index (χ0v) is 10.5. The van der Waals surface area contributed by atoms with Crippen LogP contribution >= 0.6 is 0 Å². The molecule has 1 fully saturated rings. The molecule has 0 bridgehead atoms. The number of aromatic nitrogens is 2. The van der Waals surface area contributed by atoms with E-state index in [0.29, 0.717) is 12.6 Å². The van der Waals surface area contributed by atoms with Gasteiger partial charge in [0, 0.05) is 18.3 Å². The smallest absolute Gasteiger partial charge is 0.294 e. The van der Waals surface area contributed by atoms with Crippen molar-refractivity contribution < 1.29 is 4.74 Å². The van der Waals surface area contributed by atoms with Crippen LogP contribution in [-0.2, 0) is 0 Å². The van der Waals surface area contributed by atoms with Gasteiger partial charge < -0.3 is 20.4 Å². The van der Waals surface area contributed by atoms with Crippen LogP contribution in [0.3, 0.4) is 0 Å². The van der Waals surface area contributed by atoms with Crippen molar-refractivity contribution >= 4 is 16.7 Å². The summed E-state index contributed by atoms with van der Waals surface area (Å²) < 4.78 is 5.63. The fraction of sp³-hybridized carbons (Fsp3) is 0.462. The van der Waals surface area contributed by atoms with Gasteiger partial charge in [0.25, 0.3) is 6.01 Å². The van der Waals surface area contributed by atoms with E-state index in [1.165, 1.54) is 12.8 Å². The molecule has 1 aromatic heterocycles. The molecule has 0 atom stereocenters. The quantitative estimate of drug-likeness (QED) is 0.787. The van der Waals surface area contributed by atoms with Gasteiger partial charge in [0.2, 0.25) is 0 Å². The number of nitrogens with two attached hydrogens (primary N) is 1. The summed E-state index contributed by atoms with van der Waals surface area (Å²) in [5.74, 6) is 0. The number of anilines is 1. The summed E-state index contributed by atoms with van der Waals surface area (Å²) in [6.07, 6.45) is 2.64. The molecule has 1 heterocycles. The first-order valence-corrected chi connectivity index (χ1v) is 6.30. The van der Waals surface area contributed by atoms with E-state index in [0.717, 1.165) is 29.3 Å². The third-order valence-electron chi connectivity index (χ3n) is 3.34. The molecule has 3 N–H and O–H groups in total. The molecule has 2 aromatic rings. The largest absolute Gasteiger partial charge is 0.463 e. The molecular formula is C13H18N4O. The molecule has 0 radical (unpaired) electrons. The molecule has 1 aliphatic carbocycles. The number of fused-ring (bicyclic) bond motifs is 1. The van der Waals surface area contributed by atoms with Crippen LogP contribution in [0, 0.1) is 0 Å². The third kappa shape index (κ3) is 2.41. The maximum absolute atomic E-state index is 5.72. The molecule has 1 aliphatic rings. The summed E-state index contributed by atoms with van der Waals surface area (Å²) >= 11 is 0. The van der Waals surface area contributed by atoms with E-state index in [9.17, 15) is 0 Å². The number of ether oxygens (including phenoxy) is 1. The summed E-state index contributed by atoms with van der Waals surface area (Å²) in [5, 5.41) is 0. The first-order chi connectivity index (χ1) is 8.72. The summed E-state index contributed by atoms with van der Waals surface area (Å²) in [4.78, 5) is 9.82. The van der Waals surface area contributed by atoms with Gasteiger partial charge in [-0.1, -0.05) is 0 Å². The number of benzene rings is 1. The van der Waals surface area contributed by atoms with Gasteiger partial charge in [0.05, 0.1) is 11.0 Å². The van der Waals surface area contributed by atoms with Crippen LogP contribution in [0.4, 0.5) is 5.69 Å². The first-order valence-electron chi connectivity index (χ1n) is 6.30. The van der Waals surface area contributed by atoms with Gasteiger partial charge in [-0.3, -0.25) is 0 Å². The van der Waals surface area contributed by atoms with E-state index in [-0.39, 0.29) is 0 Å². The van der Waals surface area contributed by atoms with Gasteiger partial charge in [0.15, 0.2) is 0 Å². The highest BCUT2D eigenvalue weighted by molar-refractivity contribution is 5.79. The van der Waals surface area contributed by atoms with Crippen LogP contribution in [-0.4, -0.2) is 41.1 Å². The topological polar surface area (TPSA) is 67.2 Å². The van der Waals surface area contributed by atoms with E-state index in [4.69, 9.17) is 10.5 Å². The Balaban J connectivity index is 1.60. The van der Waals surface area contributed by atoms with Gasteiger partial charge in [-0.25, -0.2) is 0 Å². The number of nitrogen functional groups attached to an aromatic ring is 1. The summed E-state index contributed by atoms with van der Waals surface area (Å²) in [5.41, 5.74) is 8.25. The predicted octanol–water partition coefficient (Wildman–Crippen LogP) is 1.62. The van der Waals surface area contributed by atoms with Gasteiger partial charge in [0.1, 0.15) is 6.61 Å². The maximum Gasteiger partial charge on any atom is 0.294 e. The SMILES string of the molecule is CN(CCOc1nc2ccc(N)cc2[nH]1)C1CC1. The van der Waals surface area contributed by atoms with Crippen molar-refractivity contribution in [3.05, 3.63) is 18.2 Å². The van der Waals surface area contributed by atoms with E-state index in [2.05, 4.69) is 21.9 Å². The molecule has 0 spiro atoms. The molecule has 5 heteroatoms. The highest BCUT2D eigenvalue weighted by atomic mass is 16.5. The Labute approximate surface area is 106 Å². The van der Waals surface area contributed by atoms with E-state index < -0.39 is 0 Å². The van der Waals surface area contributed by atoms with Crippen LogP contribution < -0.4 is 10.5 Å². The second-order valence-corrected chi connectivity index (χ2v) is 4.88. The molecule has 3 rings (SSSR count). The summed E-state index contributed by atoms with van der Waals surface area (Å²) in [6.45, 7) is 1.59. The van der Waals surface area contributed by atoms with E-state index >= 15 is 0 Å². The highest BCUT2D eigenvalue weighted by Gasteiger charge is 2.25. The van der Waals surface area contributed by atoms with Crippen molar-refractivity contribution in [2.24, 2.45) is 0 Å². The van der Waals surface area contributed by atoms with Crippen molar-refractivity contribution in [3.63, 3.8) is 0 Å². The predicted molar refractivity (Wildman–Crippen MR) is 71.7 cm³/mol. The van der Waals surface area contributed by atoms with Crippen molar-refractivity contribution in [3.8, 4) is 6.01 Å². The minimum absolute atomic E-state index is 0.569. The molecule has 0 saturated heterocycles. The van der Waals surface area contributed by atoms with Gasteiger partial charge in [-0.15, -0.1) is 0 Å². The lowest BCUT2D eigenvalue weighted by atomic mass is 10.3. The Kier molecular flexibility index (Phi) is 2.83. The molecule has 1 saturated carbocycles. The minimum atomic E-state index is 0.569. The monoisotopic (exact) mass is 246 g/mol. The lowest BCUT2D eigenvalue weighted by Crippen LogP contribution is -2.26. The second-order valence-electron chi connectivity index (χ2n) is 4.88. The molecular weight excluding hydrogens is 228 g/mol. The minimum Gasteiger partial charge on any atom is -0.463 e. The lowest BCUT2D eigenvalue weighted by Gasteiger charge is -2.14. The van der Waals surface area contributed by atoms with Crippen LogP contribution in [0.5, 0.6) is 6.01 Å². The zero-order valence-electron chi connectivity index (χ0n) is 10.5. The van der Waals surface area contributed by atoms with Crippen LogP contribution in [0.1, 0.15) is 12.8 Å². The second kappa shape index (κ2) is 4.49. The van der Waals surface area contributed by atoms with Gasteiger partial charge in [-0.05, 0) is 38.1 Å². The van der Waals surface area contributed by atoms with Crippen molar-refractivity contribution in [1.29, 1.82) is 0 Å².